The molecule has 0 aromatic heterocycles. The highest BCUT2D eigenvalue weighted by Crippen LogP contribution is 2.54. The largest absolute Gasteiger partial charge is 0.310 e. The van der Waals surface area contributed by atoms with Gasteiger partial charge in [-0.3, -0.25) is 0 Å². The molecule has 0 unspecified atom stereocenters. The van der Waals surface area contributed by atoms with Gasteiger partial charge in [0.1, 0.15) is 0 Å². The van der Waals surface area contributed by atoms with Gasteiger partial charge in [-0.2, -0.15) is 0 Å². The van der Waals surface area contributed by atoms with E-state index in [4.69, 9.17) is 0 Å². The minimum Gasteiger partial charge on any atom is -0.310 e. The summed E-state index contributed by atoms with van der Waals surface area (Å²) >= 11 is 0. The molecule has 2 aliphatic rings. The molecule has 0 heterocycles. The van der Waals surface area contributed by atoms with Gasteiger partial charge < -0.3 is 4.90 Å². The highest BCUT2D eigenvalue weighted by atomic mass is 15.1. The molecule has 0 N–H and O–H groups in total. The van der Waals surface area contributed by atoms with E-state index in [2.05, 4.69) is 221 Å². The molecule has 0 bridgehead atoms. The summed E-state index contributed by atoms with van der Waals surface area (Å²) in [6.45, 7) is 9.48. The van der Waals surface area contributed by atoms with Crippen molar-refractivity contribution >= 4 is 17.1 Å². The summed E-state index contributed by atoms with van der Waals surface area (Å²) in [5.41, 5.74) is 21.3. The molecule has 55 heavy (non-hydrogen) atoms. The number of fused-ring (bicyclic) bond motifs is 6. The SMILES string of the molecule is CC1(C)c2ccccc2-c2ccc(N(c3ccc4c(c3)C(C)(C)c3ccccc3-4)c3ccccc3-c3ccccc3-c3ccccc3-c3ccccc3)cc21. The smallest absolute Gasteiger partial charge is 0.0540 e. The van der Waals surface area contributed by atoms with Crippen LogP contribution in [0.5, 0.6) is 0 Å². The van der Waals surface area contributed by atoms with E-state index in [9.17, 15) is 0 Å². The Labute approximate surface area is 325 Å². The van der Waals surface area contributed by atoms with Crippen LogP contribution in [-0.2, 0) is 10.8 Å². The van der Waals surface area contributed by atoms with Crippen molar-refractivity contribution in [2.24, 2.45) is 0 Å². The Morgan fingerprint density at radius 3 is 1.18 bits per heavy atom. The summed E-state index contributed by atoms with van der Waals surface area (Å²) in [6, 6.07) is 69.5. The van der Waals surface area contributed by atoms with Gasteiger partial charge in [0.15, 0.2) is 0 Å². The summed E-state index contributed by atoms with van der Waals surface area (Å²) in [7, 11) is 0. The number of nitrogens with zero attached hydrogens (tertiary/aromatic N) is 1. The topological polar surface area (TPSA) is 3.24 Å². The third-order valence-electron chi connectivity index (χ3n) is 12.3. The van der Waals surface area contributed by atoms with E-state index in [-0.39, 0.29) is 10.8 Å². The van der Waals surface area contributed by atoms with Crippen LogP contribution in [0.2, 0.25) is 0 Å². The van der Waals surface area contributed by atoms with Crippen LogP contribution in [0.25, 0.3) is 55.6 Å². The summed E-state index contributed by atoms with van der Waals surface area (Å²) < 4.78 is 0. The highest BCUT2D eigenvalue weighted by Gasteiger charge is 2.38. The lowest BCUT2D eigenvalue weighted by atomic mass is 9.82. The van der Waals surface area contributed by atoms with Crippen molar-refractivity contribution < 1.29 is 0 Å². The van der Waals surface area contributed by atoms with Crippen LogP contribution in [-0.4, -0.2) is 0 Å². The Morgan fingerprint density at radius 1 is 0.291 bits per heavy atom. The van der Waals surface area contributed by atoms with Gasteiger partial charge in [0.2, 0.25) is 0 Å². The lowest BCUT2D eigenvalue weighted by molar-refractivity contribution is 0.660. The van der Waals surface area contributed by atoms with Gasteiger partial charge in [-0.05, 0) is 103 Å². The van der Waals surface area contributed by atoms with Crippen LogP contribution in [0.15, 0.2) is 188 Å². The minimum atomic E-state index is -0.123. The van der Waals surface area contributed by atoms with Crippen LogP contribution in [0, 0.1) is 0 Å². The molecule has 0 atom stereocenters. The molecule has 0 aliphatic heterocycles. The molecule has 2 aliphatic carbocycles. The zero-order valence-corrected chi connectivity index (χ0v) is 31.8. The molecule has 0 fully saturated rings. The minimum absolute atomic E-state index is 0.123. The lowest BCUT2D eigenvalue weighted by Gasteiger charge is -2.31. The summed E-state index contributed by atoms with van der Waals surface area (Å²) in [5.74, 6) is 0. The second-order valence-corrected chi connectivity index (χ2v) is 16.1. The van der Waals surface area contributed by atoms with E-state index in [1.54, 1.807) is 0 Å². The van der Waals surface area contributed by atoms with Crippen LogP contribution in [0.1, 0.15) is 49.9 Å². The van der Waals surface area contributed by atoms with E-state index in [1.165, 1.54) is 77.9 Å². The summed E-state index contributed by atoms with van der Waals surface area (Å²) in [5, 5.41) is 0. The molecule has 0 radical (unpaired) electrons. The number of hydrogen-bond acceptors (Lipinski definition) is 1. The van der Waals surface area contributed by atoms with Gasteiger partial charge in [-0.25, -0.2) is 0 Å². The van der Waals surface area contributed by atoms with E-state index in [1.807, 2.05) is 0 Å². The van der Waals surface area contributed by atoms with Crippen molar-refractivity contribution in [2.75, 3.05) is 4.90 Å². The maximum Gasteiger partial charge on any atom is 0.0540 e. The van der Waals surface area contributed by atoms with Crippen LogP contribution >= 0.6 is 0 Å². The van der Waals surface area contributed by atoms with Crippen molar-refractivity contribution in [3.8, 4) is 55.6 Å². The van der Waals surface area contributed by atoms with Gasteiger partial charge in [-0.15, -0.1) is 0 Å². The first-order valence-electron chi connectivity index (χ1n) is 19.4. The van der Waals surface area contributed by atoms with E-state index in [0.717, 1.165) is 17.1 Å². The van der Waals surface area contributed by atoms with Gasteiger partial charge >= 0.3 is 0 Å². The summed E-state index contributed by atoms with van der Waals surface area (Å²) in [6.07, 6.45) is 0. The van der Waals surface area contributed by atoms with Gasteiger partial charge in [0.05, 0.1) is 5.69 Å². The number of para-hydroxylation sites is 1. The zero-order valence-electron chi connectivity index (χ0n) is 31.8. The molecule has 0 spiro atoms. The molecular formula is C54H43N. The van der Waals surface area contributed by atoms with Gasteiger partial charge in [0.25, 0.3) is 0 Å². The molecule has 8 aromatic rings. The predicted molar refractivity (Wildman–Crippen MR) is 233 cm³/mol. The van der Waals surface area contributed by atoms with E-state index < -0.39 is 0 Å². The third-order valence-corrected chi connectivity index (χ3v) is 12.3. The molecule has 0 saturated heterocycles. The predicted octanol–water partition coefficient (Wildman–Crippen LogP) is 14.8. The Morgan fingerprint density at radius 2 is 0.655 bits per heavy atom. The number of rotatable bonds is 6. The quantitative estimate of drug-likeness (QED) is 0.166. The molecule has 264 valence electrons. The normalized spacial score (nSPS) is 14.1. The van der Waals surface area contributed by atoms with E-state index >= 15 is 0 Å². The van der Waals surface area contributed by atoms with Crippen LogP contribution in [0.3, 0.4) is 0 Å². The molecule has 10 rings (SSSR count). The first-order chi connectivity index (χ1) is 26.8. The van der Waals surface area contributed by atoms with Gasteiger partial charge in [0, 0.05) is 27.8 Å². The first-order valence-corrected chi connectivity index (χ1v) is 19.4. The fraction of sp³-hybridized carbons (Fsp3) is 0.111. The van der Waals surface area contributed by atoms with Crippen LogP contribution < -0.4 is 4.90 Å². The Hall–Kier alpha value is -6.44. The molecule has 0 amide bonds. The van der Waals surface area contributed by atoms with Crippen molar-refractivity contribution in [1.29, 1.82) is 0 Å². The Balaban J connectivity index is 1.20. The van der Waals surface area contributed by atoms with Crippen molar-refractivity contribution in [3.63, 3.8) is 0 Å². The number of hydrogen-bond donors (Lipinski definition) is 0. The fourth-order valence-corrected chi connectivity index (χ4v) is 9.53. The van der Waals surface area contributed by atoms with Crippen molar-refractivity contribution in [3.05, 3.63) is 210 Å². The number of benzene rings is 8. The highest BCUT2D eigenvalue weighted by molar-refractivity contribution is 5.98. The maximum absolute atomic E-state index is 2.51. The zero-order chi connectivity index (χ0) is 37.3. The lowest BCUT2D eigenvalue weighted by Crippen LogP contribution is -2.18. The monoisotopic (exact) mass is 705 g/mol. The second-order valence-electron chi connectivity index (χ2n) is 16.1. The molecule has 1 heteroatoms. The number of anilines is 3. The average molecular weight is 706 g/mol. The third kappa shape index (κ3) is 5.14. The first kappa shape index (κ1) is 33.2. The Bertz CT molecular complexity index is 2660. The van der Waals surface area contributed by atoms with Gasteiger partial charge in [-0.1, -0.05) is 185 Å². The van der Waals surface area contributed by atoms with Crippen LogP contribution in [0.4, 0.5) is 17.1 Å². The molecule has 1 nitrogen and oxygen atoms in total. The molecular weight excluding hydrogens is 663 g/mol. The van der Waals surface area contributed by atoms with E-state index in [0.29, 0.717) is 0 Å². The second kappa shape index (κ2) is 12.6. The summed E-state index contributed by atoms with van der Waals surface area (Å²) in [4.78, 5) is 2.51. The fourth-order valence-electron chi connectivity index (χ4n) is 9.53. The molecule has 0 saturated carbocycles. The maximum atomic E-state index is 2.51. The molecule has 8 aromatic carbocycles. The Kier molecular flexibility index (Phi) is 7.58. The standard InChI is InChI=1S/C54H43N/c1-53(2)48-27-15-12-24-43(48)45-32-30-37(34-50(45)53)55(38-31-33-46-44-25-13-16-28-49(44)54(3,4)51(46)35-38)52-29-17-14-26-47(52)42-23-11-10-22-41(42)40-21-9-8-20-39(40)36-18-6-5-7-19-36/h5-35H,1-4H3. The average Bonchev–Trinajstić information content (AvgIpc) is 3.60. The van der Waals surface area contributed by atoms with Crippen molar-refractivity contribution in [2.45, 2.75) is 38.5 Å². The van der Waals surface area contributed by atoms with Crippen molar-refractivity contribution in [1.82, 2.24) is 0 Å².